The fraction of sp³-hybridized carbons (Fsp3) is 0.438. The molecule has 0 unspecified atom stereocenters. The minimum absolute atomic E-state index is 0.00292. The number of phenols is 1. The van der Waals surface area contributed by atoms with Gasteiger partial charge in [-0.2, -0.15) is 9.97 Å². The van der Waals surface area contributed by atoms with Crippen LogP contribution < -0.4 is 9.64 Å². The molecule has 3 aromatic carbocycles. The van der Waals surface area contributed by atoms with E-state index in [0.717, 1.165) is 19.4 Å². The molecule has 0 bridgehead atoms. The Balaban J connectivity index is 1.40. The molecule has 3 heterocycles. The molecule has 0 spiro atoms. The van der Waals surface area contributed by atoms with E-state index in [-0.39, 0.29) is 51.2 Å². The summed E-state index contributed by atoms with van der Waals surface area (Å²) in [4.78, 5) is 12.8. The summed E-state index contributed by atoms with van der Waals surface area (Å²) in [6, 6.07) is 6.67. The molecule has 6 nitrogen and oxygen atoms in total. The van der Waals surface area contributed by atoms with Crippen molar-refractivity contribution in [2.24, 2.45) is 0 Å². The first-order chi connectivity index (χ1) is 20.6. The molecule has 2 saturated heterocycles. The van der Waals surface area contributed by atoms with E-state index in [1.807, 2.05) is 0 Å². The molecule has 43 heavy (non-hydrogen) atoms. The van der Waals surface area contributed by atoms with E-state index < -0.39 is 35.6 Å². The monoisotopic (exact) mass is 614 g/mol. The van der Waals surface area contributed by atoms with Crippen LogP contribution in [-0.4, -0.2) is 70.6 Å². The lowest BCUT2D eigenvalue weighted by atomic mass is 9.92. The van der Waals surface area contributed by atoms with Gasteiger partial charge in [0.1, 0.15) is 41.9 Å². The molecule has 7 rings (SSSR count). The summed E-state index contributed by atoms with van der Waals surface area (Å²) in [5, 5.41) is 11.8. The molecule has 4 atom stereocenters. The number of phenolic OH excluding ortho intramolecular Hbond substituents is 1. The van der Waals surface area contributed by atoms with Crippen molar-refractivity contribution >= 4 is 39.1 Å². The summed E-state index contributed by atoms with van der Waals surface area (Å²) >= 11 is 6.76. The van der Waals surface area contributed by atoms with Crippen LogP contribution in [0.3, 0.4) is 0 Å². The Labute approximate surface area is 251 Å². The molecular weight excluding hydrogens is 584 g/mol. The highest BCUT2D eigenvalue weighted by atomic mass is 35.5. The van der Waals surface area contributed by atoms with E-state index in [1.165, 1.54) is 30.3 Å². The molecule has 0 radical (unpaired) electrons. The van der Waals surface area contributed by atoms with E-state index in [1.54, 1.807) is 18.9 Å². The first-order valence-electron chi connectivity index (χ1n) is 14.6. The number of alkyl halides is 2. The predicted octanol–water partition coefficient (Wildman–Crippen LogP) is 7.15. The fourth-order valence-corrected chi connectivity index (χ4v) is 7.43. The molecular formula is C32H31ClF4N4O2. The van der Waals surface area contributed by atoms with Crippen molar-refractivity contribution in [2.45, 2.75) is 63.0 Å². The lowest BCUT2D eigenvalue weighted by molar-refractivity contribution is 0.107. The van der Waals surface area contributed by atoms with Crippen LogP contribution in [0.4, 0.5) is 23.4 Å². The van der Waals surface area contributed by atoms with E-state index in [4.69, 9.17) is 16.3 Å². The molecule has 1 aliphatic carbocycles. The predicted molar refractivity (Wildman–Crippen MR) is 159 cm³/mol. The van der Waals surface area contributed by atoms with Crippen LogP contribution in [-0.2, 0) is 6.42 Å². The number of nitrogens with zero attached hydrogens (tertiary/aromatic N) is 4. The summed E-state index contributed by atoms with van der Waals surface area (Å²) in [7, 11) is 1.68. The van der Waals surface area contributed by atoms with Crippen LogP contribution >= 0.6 is 11.6 Å². The molecule has 11 heteroatoms. The number of aromatic hydroxyl groups is 1. The highest BCUT2D eigenvalue weighted by molar-refractivity contribution is 6.35. The summed E-state index contributed by atoms with van der Waals surface area (Å²) in [6.45, 7) is 3.06. The molecule has 1 aromatic heterocycles. The van der Waals surface area contributed by atoms with Gasteiger partial charge in [-0.15, -0.1) is 0 Å². The number of hydrogen-bond acceptors (Lipinski definition) is 6. The number of fused-ring (bicyclic) bond motifs is 3. The maximum Gasteiger partial charge on any atom is 0.319 e. The van der Waals surface area contributed by atoms with Crippen molar-refractivity contribution in [1.29, 1.82) is 0 Å². The Kier molecular flexibility index (Phi) is 6.85. The van der Waals surface area contributed by atoms with Gasteiger partial charge in [0, 0.05) is 37.4 Å². The molecule has 1 N–H and O–H groups in total. The van der Waals surface area contributed by atoms with Crippen molar-refractivity contribution in [3.63, 3.8) is 0 Å². The van der Waals surface area contributed by atoms with Crippen molar-refractivity contribution in [3.8, 4) is 22.9 Å². The number of rotatable bonds is 7. The third kappa shape index (κ3) is 4.65. The van der Waals surface area contributed by atoms with Crippen LogP contribution in [0, 0.1) is 11.6 Å². The third-order valence-corrected chi connectivity index (χ3v) is 9.66. The van der Waals surface area contributed by atoms with Crippen molar-refractivity contribution < 1.29 is 27.4 Å². The number of benzene rings is 3. The number of ether oxygens (including phenoxy) is 1. The highest BCUT2D eigenvalue weighted by Gasteiger charge is 2.49. The lowest BCUT2D eigenvalue weighted by Gasteiger charge is -2.31. The van der Waals surface area contributed by atoms with Gasteiger partial charge in [-0.25, -0.2) is 17.6 Å². The first kappa shape index (κ1) is 28.4. The zero-order valence-electron chi connectivity index (χ0n) is 23.8. The first-order valence-corrected chi connectivity index (χ1v) is 15.0. The van der Waals surface area contributed by atoms with E-state index >= 15 is 4.39 Å². The standard InChI is InChI=1S/C32H31ClF4N4O2/c1-3-19-23(35)6-5-16-9-18(42)10-20(26(16)19)27-22(33)11-21-29(28(27)37)38-31(39-30(21)40(2)25-12-24(25)36)43-15-32-7-4-8-41(32)14-17(34)13-32/h5-6,9-11,17,24-25,42H,3-4,7-8,12-15H2,1-2H3/t17-,24+,25+,32+/m1/s1. The Morgan fingerprint density at radius 3 is 2.72 bits per heavy atom. The zero-order valence-corrected chi connectivity index (χ0v) is 24.6. The van der Waals surface area contributed by atoms with Gasteiger partial charge >= 0.3 is 6.01 Å². The third-order valence-electron chi connectivity index (χ3n) is 9.36. The van der Waals surface area contributed by atoms with Crippen LogP contribution in [0.5, 0.6) is 11.8 Å². The minimum atomic E-state index is -1.05. The summed E-state index contributed by atoms with van der Waals surface area (Å²) in [5.74, 6) is -1.13. The molecule has 0 amide bonds. The lowest BCUT2D eigenvalue weighted by Crippen LogP contribution is -2.43. The van der Waals surface area contributed by atoms with Crippen LogP contribution in [0.1, 0.15) is 38.2 Å². The van der Waals surface area contributed by atoms with Crippen LogP contribution in [0.25, 0.3) is 32.8 Å². The smallest absolute Gasteiger partial charge is 0.319 e. The SMILES string of the molecule is CCc1c(F)ccc2cc(O)cc(-c3c(Cl)cc4c(N(C)[C@H]5C[C@@H]5F)nc(OC[C@@]56CCCN5C[C@H](F)C6)nc4c3F)c12. The summed E-state index contributed by atoms with van der Waals surface area (Å²) in [5.41, 5.74) is -0.0576. The summed E-state index contributed by atoms with van der Waals surface area (Å²) < 4.78 is 66.3. The Hall–Kier alpha value is -3.37. The Bertz CT molecular complexity index is 1770. The van der Waals surface area contributed by atoms with E-state index in [2.05, 4.69) is 14.9 Å². The second-order valence-electron chi connectivity index (χ2n) is 12.0. The molecule has 1 saturated carbocycles. The maximum atomic E-state index is 16.8. The Morgan fingerprint density at radius 2 is 1.98 bits per heavy atom. The van der Waals surface area contributed by atoms with Crippen LogP contribution in [0.2, 0.25) is 5.02 Å². The van der Waals surface area contributed by atoms with Crippen molar-refractivity contribution in [3.05, 3.63) is 52.6 Å². The quantitative estimate of drug-likeness (QED) is 0.223. The van der Waals surface area contributed by atoms with Gasteiger partial charge in [0.2, 0.25) is 0 Å². The van der Waals surface area contributed by atoms with Gasteiger partial charge in [0.15, 0.2) is 5.82 Å². The number of aromatic nitrogens is 2. The number of halogens is 5. The molecule has 226 valence electrons. The fourth-order valence-electron chi connectivity index (χ4n) is 7.14. The van der Waals surface area contributed by atoms with Gasteiger partial charge in [-0.05, 0) is 72.0 Å². The van der Waals surface area contributed by atoms with Gasteiger partial charge in [0.05, 0.1) is 16.6 Å². The number of anilines is 1. The second-order valence-corrected chi connectivity index (χ2v) is 12.4. The van der Waals surface area contributed by atoms with Crippen molar-refractivity contribution in [2.75, 3.05) is 31.6 Å². The average Bonchev–Trinajstić information content (AvgIpc) is 3.45. The second kappa shape index (κ2) is 10.4. The Morgan fingerprint density at radius 1 is 1.19 bits per heavy atom. The highest BCUT2D eigenvalue weighted by Crippen LogP contribution is 2.45. The van der Waals surface area contributed by atoms with Gasteiger partial charge in [-0.3, -0.25) is 4.90 Å². The molecule has 2 aliphatic heterocycles. The molecule has 4 aromatic rings. The average molecular weight is 615 g/mol. The number of aryl methyl sites for hydroxylation is 1. The summed E-state index contributed by atoms with van der Waals surface area (Å²) in [6.07, 6.45) is 0.678. The van der Waals surface area contributed by atoms with E-state index in [9.17, 15) is 18.3 Å². The molecule has 3 aliphatic rings. The number of hydrogen-bond donors (Lipinski definition) is 1. The van der Waals surface area contributed by atoms with Crippen molar-refractivity contribution in [1.82, 2.24) is 14.9 Å². The molecule has 3 fully saturated rings. The van der Waals surface area contributed by atoms with Gasteiger partial charge < -0.3 is 14.7 Å². The van der Waals surface area contributed by atoms with Gasteiger partial charge in [-0.1, -0.05) is 24.6 Å². The van der Waals surface area contributed by atoms with E-state index in [0.29, 0.717) is 42.1 Å². The van der Waals surface area contributed by atoms with Gasteiger partial charge in [0.25, 0.3) is 0 Å². The minimum Gasteiger partial charge on any atom is -0.508 e. The largest absolute Gasteiger partial charge is 0.508 e. The van der Waals surface area contributed by atoms with Crippen LogP contribution in [0.15, 0.2) is 30.3 Å². The maximum absolute atomic E-state index is 16.8. The normalized spacial score (nSPS) is 25.0. The topological polar surface area (TPSA) is 61.7 Å². The zero-order chi connectivity index (χ0) is 30.2.